The molecule has 8 heteroatoms. The van der Waals surface area contributed by atoms with E-state index in [4.69, 9.17) is 4.52 Å². The zero-order chi connectivity index (χ0) is 19.0. The van der Waals surface area contributed by atoms with Crippen LogP contribution in [-0.2, 0) is 0 Å². The van der Waals surface area contributed by atoms with Crippen LogP contribution >= 0.6 is 0 Å². The van der Waals surface area contributed by atoms with E-state index in [0.717, 1.165) is 29.7 Å². The summed E-state index contributed by atoms with van der Waals surface area (Å²) in [6.45, 7) is 5.41. The number of fused-ring (bicyclic) bond motifs is 1. The van der Waals surface area contributed by atoms with E-state index in [1.54, 1.807) is 13.0 Å². The molecular weight excluding hydrogens is 344 g/mol. The van der Waals surface area contributed by atoms with Gasteiger partial charge in [0, 0.05) is 55.7 Å². The summed E-state index contributed by atoms with van der Waals surface area (Å²) in [5, 5.41) is 7.75. The lowest BCUT2D eigenvalue weighted by Crippen LogP contribution is -2.53. The van der Waals surface area contributed by atoms with E-state index in [9.17, 15) is 4.79 Å². The van der Waals surface area contributed by atoms with Crippen molar-refractivity contribution >= 4 is 28.6 Å². The summed E-state index contributed by atoms with van der Waals surface area (Å²) in [6, 6.07) is 5.85. The number of likely N-dealkylation sites (N-methyl/N-ethyl adjacent to an activating group) is 1. The van der Waals surface area contributed by atoms with Crippen molar-refractivity contribution in [2.24, 2.45) is 5.92 Å². The largest absolute Gasteiger partial charge is 0.369 e. The molecule has 27 heavy (non-hydrogen) atoms. The van der Waals surface area contributed by atoms with Crippen LogP contribution in [0.5, 0.6) is 0 Å². The van der Waals surface area contributed by atoms with Gasteiger partial charge in [0.05, 0.1) is 0 Å². The minimum atomic E-state index is -0.143. The number of carbonyl (C=O) groups is 1. The first-order chi connectivity index (χ1) is 13.0. The van der Waals surface area contributed by atoms with Gasteiger partial charge in [0.15, 0.2) is 5.82 Å². The molecule has 2 amide bonds. The molecule has 3 aromatic rings. The quantitative estimate of drug-likeness (QED) is 0.741. The lowest BCUT2D eigenvalue weighted by atomic mass is 9.92. The molecule has 0 saturated carbocycles. The number of pyridine rings is 1. The Morgan fingerprint density at radius 3 is 3.07 bits per heavy atom. The van der Waals surface area contributed by atoms with Crippen molar-refractivity contribution in [2.75, 3.05) is 30.4 Å². The van der Waals surface area contributed by atoms with E-state index in [-0.39, 0.29) is 12.1 Å². The van der Waals surface area contributed by atoms with Gasteiger partial charge in [-0.2, -0.15) is 0 Å². The molecule has 1 aliphatic rings. The van der Waals surface area contributed by atoms with Crippen molar-refractivity contribution < 1.29 is 9.32 Å². The van der Waals surface area contributed by atoms with Gasteiger partial charge in [0.1, 0.15) is 11.4 Å². The summed E-state index contributed by atoms with van der Waals surface area (Å²) in [7, 11) is 2.09. The third-order valence-electron chi connectivity index (χ3n) is 5.38. The van der Waals surface area contributed by atoms with E-state index in [2.05, 4.69) is 39.3 Å². The number of anilines is 2. The lowest BCUT2D eigenvalue weighted by molar-refractivity contribution is 0.172. The Labute approximate surface area is 157 Å². The molecule has 2 atom stereocenters. The maximum Gasteiger partial charge on any atom is 0.323 e. The lowest BCUT2D eigenvalue weighted by Gasteiger charge is -2.42. The Morgan fingerprint density at radius 2 is 2.30 bits per heavy atom. The summed E-state index contributed by atoms with van der Waals surface area (Å²) >= 11 is 0. The third-order valence-corrected chi connectivity index (χ3v) is 5.38. The fourth-order valence-electron chi connectivity index (χ4n) is 3.78. The van der Waals surface area contributed by atoms with E-state index in [1.807, 2.05) is 29.4 Å². The SMILES string of the molecule is Cc1cc(NC(=O)N2CC[C@@H](C)[C@@H](N(C)c3ccnc4[nH]ccc34)C2)no1. The third kappa shape index (κ3) is 3.34. The number of H-pyrrole nitrogens is 1. The minimum Gasteiger partial charge on any atom is -0.369 e. The number of amides is 2. The Kier molecular flexibility index (Phi) is 4.47. The highest BCUT2D eigenvalue weighted by Crippen LogP contribution is 2.30. The van der Waals surface area contributed by atoms with Crippen LogP contribution in [0.3, 0.4) is 0 Å². The van der Waals surface area contributed by atoms with Crippen LogP contribution in [0.15, 0.2) is 35.1 Å². The molecule has 4 heterocycles. The van der Waals surface area contributed by atoms with Crippen LogP contribution in [0.2, 0.25) is 0 Å². The Balaban J connectivity index is 1.51. The fraction of sp³-hybridized carbons (Fsp3) is 0.421. The van der Waals surface area contributed by atoms with Gasteiger partial charge in [0.25, 0.3) is 0 Å². The maximum atomic E-state index is 12.7. The average molecular weight is 368 g/mol. The van der Waals surface area contributed by atoms with Crippen LogP contribution in [0.4, 0.5) is 16.3 Å². The van der Waals surface area contributed by atoms with E-state index >= 15 is 0 Å². The molecule has 1 saturated heterocycles. The zero-order valence-corrected chi connectivity index (χ0v) is 15.8. The predicted octanol–water partition coefficient (Wildman–Crippen LogP) is 3.24. The molecule has 0 radical (unpaired) electrons. The number of rotatable bonds is 3. The number of likely N-dealkylation sites (tertiary alicyclic amines) is 1. The van der Waals surface area contributed by atoms with Gasteiger partial charge in [-0.25, -0.2) is 9.78 Å². The summed E-state index contributed by atoms with van der Waals surface area (Å²) in [5.74, 6) is 1.59. The van der Waals surface area contributed by atoms with E-state index < -0.39 is 0 Å². The average Bonchev–Trinajstić information content (AvgIpc) is 3.30. The molecule has 142 valence electrons. The van der Waals surface area contributed by atoms with Crippen LogP contribution < -0.4 is 10.2 Å². The van der Waals surface area contributed by atoms with Crippen molar-refractivity contribution in [1.29, 1.82) is 0 Å². The topological polar surface area (TPSA) is 90.3 Å². The molecule has 8 nitrogen and oxygen atoms in total. The summed E-state index contributed by atoms with van der Waals surface area (Å²) in [6.07, 6.45) is 4.66. The maximum absolute atomic E-state index is 12.7. The molecule has 0 aliphatic carbocycles. The molecule has 0 unspecified atom stereocenters. The van der Waals surface area contributed by atoms with Gasteiger partial charge in [-0.1, -0.05) is 12.1 Å². The van der Waals surface area contributed by atoms with Gasteiger partial charge in [-0.15, -0.1) is 0 Å². The van der Waals surface area contributed by atoms with Crippen molar-refractivity contribution in [3.05, 3.63) is 36.4 Å². The van der Waals surface area contributed by atoms with E-state index in [0.29, 0.717) is 24.0 Å². The number of aromatic nitrogens is 3. The van der Waals surface area contributed by atoms with Crippen molar-refractivity contribution in [2.45, 2.75) is 26.3 Å². The normalized spacial score (nSPS) is 20.0. The van der Waals surface area contributed by atoms with Crippen LogP contribution in [0, 0.1) is 12.8 Å². The highest BCUT2D eigenvalue weighted by atomic mass is 16.5. The Bertz CT molecular complexity index is 948. The number of nitrogens with one attached hydrogen (secondary N) is 2. The van der Waals surface area contributed by atoms with Crippen molar-refractivity contribution in [1.82, 2.24) is 20.0 Å². The number of hydrogen-bond acceptors (Lipinski definition) is 5. The minimum absolute atomic E-state index is 0.143. The molecule has 0 aromatic carbocycles. The van der Waals surface area contributed by atoms with Crippen LogP contribution in [0.25, 0.3) is 11.0 Å². The second kappa shape index (κ2) is 6.94. The first-order valence-electron chi connectivity index (χ1n) is 9.17. The number of aryl methyl sites for hydroxylation is 1. The molecule has 0 spiro atoms. The molecule has 1 aliphatic heterocycles. The van der Waals surface area contributed by atoms with Crippen molar-refractivity contribution in [3.8, 4) is 0 Å². The van der Waals surface area contributed by atoms with Gasteiger partial charge in [-0.05, 0) is 31.4 Å². The van der Waals surface area contributed by atoms with Crippen LogP contribution in [0.1, 0.15) is 19.1 Å². The second-order valence-electron chi connectivity index (χ2n) is 7.21. The molecule has 3 aromatic heterocycles. The summed E-state index contributed by atoms with van der Waals surface area (Å²) in [4.78, 5) is 24.3. The smallest absolute Gasteiger partial charge is 0.323 e. The van der Waals surface area contributed by atoms with E-state index in [1.165, 1.54) is 0 Å². The number of urea groups is 1. The first kappa shape index (κ1) is 17.4. The summed E-state index contributed by atoms with van der Waals surface area (Å²) < 4.78 is 5.02. The number of aromatic amines is 1. The molecular formula is C19H24N6O2. The Hall–Kier alpha value is -3.03. The second-order valence-corrected chi connectivity index (χ2v) is 7.21. The highest BCUT2D eigenvalue weighted by molar-refractivity contribution is 5.90. The van der Waals surface area contributed by atoms with Crippen molar-refractivity contribution in [3.63, 3.8) is 0 Å². The Morgan fingerprint density at radius 1 is 1.44 bits per heavy atom. The molecule has 2 N–H and O–H groups in total. The zero-order valence-electron chi connectivity index (χ0n) is 15.8. The fourth-order valence-corrected chi connectivity index (χ4v) is 3.78. The number of piperidine rings is 1. The number of carbonyl (C=O) groups excluding carboxylic acids is 1. The first-order valence-corrected chi connectivity index (χ1v) is 9.17. The summed E-state index contributed by atoms with van der Waals surface area (Å²) in [5.41, 5.74) is 1.99. The molecule has 1 fully saturated rings. The molecule has 4 rings (SSSR count). The predicted molar refractivity (Wildman–Crippen MR) is 104 cm³/mol. The van der Waals surface area contributed by atoms with Gasteiger partial charge in [-0.3, -0.25) is 5.32 Å². The monoisotopic (exact) mass is 368 g/mol. The highest BCUT2D eigenvalue weighted by Gasteiger charge is 2.32. The number of hydrogen-bond donors (Lipinski definition) is 2. The molecule has 0 bridgehead atoms. The van der Waals surface area contributed by atoms with Gasteiger partial charge in [0.2, 0.25) is 0 Å². The van der Waals surface area contributed by atoms with Gasteiger partial charge >= 0.3 is 6.03 Å². The standard InChI is InChI=1S/C19H24N6O2/c1-12-6-9-25(19(26)22-17-10-13(2)27-23-17)11-16(12)24(3)15-5-8-21-18-14(15)4-7-20-18/h4-5,7-8,10,12,16H,6,9,11H2,1-3H3,(H,20,21)(H,22,23,26)/t12-,16+/m1/s1. The van der Waals surface area contributed by atoms with Crippen LogP contribution in [-0.4, -0.2) is 52.2 Å². The van der Waals surface area contributed by atoms with Gasteiger partial charge < -0.3 is 19.3 Å². The number of nitrogens with zero attached hydrogens (tertiary/aromatic N) is 4.